The van der Waals surface area contributed by atoms with Crippen molar-refractivity contribution in [2.45, 2.75) is 51.1 Å². The SMILES string of the molecule is CN(C)c1cc(CN2CCCC2c2nc3c(n2C)CCCC3)ccn1. The Hall–Kier alpha value is -1.88. The van der Waals surface area contributed by atoms with Crippen LogP contribution in [0.25, 0.3) is 0 Å². The molecule has 4 rings (SSSR count). The van der Waals surface area contributed by atoms with Gasteiger partial charge in [0.1, 0.15) is 11.6 Å². The van der Waals surface area contributed by atoms with E-state index in [4.69, 9.17) is 4.98 Å². The van der Waals surface area contributed by atoms with Crippen molar-refractivity contribution in [3.63, 3.8) is 0 Å². The molecule has 1 unspecified atom stereocenters. The average Bonchev–Trinajstić information content (AvgIpc) is 3.20. The van der Waals surface area contributed by atoms with Crippen LogP contribution in [0.15, 0.2) is 18.3 Å². The lowest BCUT2D eigenvalue weighted by Crippen LogP contribution is -2.25. The standard InChI is InChI=1S/C20H29N5/c1-23(2)19-13-15(10-11-21-19)14-25-12-6-9-18(25)20-22-16-7-4-5-8-17(16)24(20)3/h10-11,13,18H,4-9,12,14H2,1-3H3. The van der Waals surface area contributed by atoms with Crippen molar-refractivity contribution >= 4 is 5.82 Å². The predicted octanol–water partition coefficient (Wildman–Crippen LogP) is 3.10. The first-order valence-corrected chi connectivity index (χ1v) is 9.54. The Morgan fingerprint density at radius 2 is 2.04 bits per heavy atom. The number of aromatic nitrogens is 3. The van der Waals surface area contributed by atoms with Gasteiger partial charge < -0.3 is 9.47 Å². The number of fused-ring (bicyclic) bond motifs is 1. The molecule has 0 bridgehead atoms. The minimum absolute atomic E-state index is 0.451. The summed E-state index contributed by atoms with van der Waals surface area (Å²) < 4.78 is 2.40. The summed E-state index contributed by atoms with van der Waals surface area (Å²) in [5.74, 6) is 2.31. The Bertz CT molecular complexity index is 749. The highest BCUT2D eigenvalue weighted by Crippen LogP contribution is 2.35. The number of likely N-dealkylation sites (tertiary alicyclic amines) is 1. The lowest BCUT2D eigenvalue weighted by Gasteiger charge is -2.25. The maximum Gasteiger partial charge on any atom is 0.128 e. The van der Waals surface area contributed by atoms with E-state index in [-0.39, 0.29) is 0 Å². The molecule has 2 aromatic rings. The Kier molecular flexibility index (Phi) is 4.50. The van der Waals surface area contributed by atoms with Gasteiger partial charge in [-0.05, 0) is 62.8 Å². The third-order valence-corrected chi connectivity index (χ3v) is 5.72. The van der Waals surface area contributed by atoms with Crippen molar-refractivity contribution in [1.82, 2.24) is 19.4 Å². The van der Waals surface area contributed by atoms with E-state index >= 15 is 0 Å². The number of aryl methyl sites for hydroxylation is 1. The van der Waals surface area contributed by atoms with Gasteiger partial charge in [0.2, 0.25) is 0 Å². The van der Waals surface area contributed by atoms with Crippen LogP contribution < -0.4 is 4.90 Å². The molecule has 3 heterocycles. The maximum absolute atomic E-state index is 5.07. The predicted molar refractivity (Wildman–Crippen MR) is 101 cm³/mol. The fraction of sp³-hybridized carbons (Fsp3) is 0.600. The summed E-state index contributed by atoms with van der Waals surface area (Å²) in [6.45, 7) is 2.13. The monoisotopic (exact) mass is 339 g/mol. The van der Waals surface area contributed by atoms with Crippen molar-refractivity contribution in [3.8, 4) is 0 Å². The molecular formula is C20H29N5. The van der Waals surface area contributed by atoms with Gasteiger partial charge in [-0.3, -0.25) is 4.90 Å². The highest BCUT2D eigenvalue weighted by atomic mass is 15.2. The van der Waals surface area contributed by atoms with Gasteiger partial charge in [0.25, 0.3) is 0 Å². The second kappa shape index (κ2) is 6.79. The van der Waals surface area contributed by atoms with Crippen molar-refractivity contribution in [2.75, 3.05) is 25.5 Å². The molecule has 1 aliphatic heterocycles. The highest BCUT2D eigenvalue weighted by Gasteiger charge is 2.31. The summed E-state index contributed by atoms with van der Waals surface area (Å²) in [5.41, 5.74) is 4.17. The minimum atomic E-state index is 0.451. The van der Waals surface area contributed by atoms with Crippen molar-refractivity contribution < 1.29 is 0 Å². The Morgan fingerprint density at radius 3 is 2.84 bits per heavy atom. The van der Waals surface area contributed by atoms with Gasteiger partial charge in [-0.1, -0.05) is 0 Å². The van der Waals surface area contributed by atoms with E-state index < -0.39 is 0 Å². The van der Waals surface area contributed by atoms with Crippen molar-refractivity contribution in [2.24, 2.45) is 7.05 Å². The largest absolute Gasteiger partial charge is 0.363 e. The smallest absolute Gasteiger partial charge is 0.128 e. The van der Waals surface area contributed by atoms with Gasteiger partial charge in [0.15, 0.2) is 0 Å². The van der Waals surface area contributed by atoms with Crippen molar-refractivity contribution in [3.05, 3.63) is 41.1 Å². The van der Waals surface area contributed by atoms with Gasteiger partial charge in [-0.2, -0.15) is 0 Å². The van der Waals surface area contributed by atoms with Crippen LogP contribution in [0.5, 0.6) is 0 Å². The van der Waals surface area contributed by atoms with Gasteiger partial charge >= 0.3 is 0 Å². The van der Waals surface area contributed by atoms with E-state index in [2.05, 4.69) is 38.5 Å². The Morgan fingerprint density at radius 1 is 1.20 bits per heavy atom. The van der Waals surface area contributed by atoms with Crippen LogP contribution in [-0.2, 0) is 26.4 Å². The Balaban J connectivity index is 1.57. The van der Waals surface area contributed by atoms with Gasteiger partial charge in [0.05, 0.1) is 11.7 Å². The first-order chi connectivity index (χ1) is 12.1. The molecule has 1 aliphatic carbocycles. The number of hydrogen-bond acceptors (Lipinski definition) is 4. The topological polar surface area (TPSA) is 37.2 Å². The summed E-state index contributed by atoms with van der Waals surface area (Å²) in [4.78, 5) is 14.2. The maximum atomic E-state index is 5.07. The molecule has 5 nitrogen and oxygen atoms in total. The number of pyridine rings is 1. The summed E-state index contributed by atoms with van der Waals surface area (Å²) in [7, 11) is 6.31. The van der Waals surface area contributed by atoms with Crippen LogP contribution in [0, 0.1) is 0 Å². The molecule has 1 fully saturated rings. The molecule has 0 spiro atoms. The molecule has 0 amide bonds. The molecule has 0 saturated carbocycles. The fourth-order valence-electron chi connectivity index (χ4n) is 4.35. The summed E-state index contributed by atoms with van der Waals surface area (Å²) in [6.07, 6.45) is 9.36. The molecule has 0 N–H and O–H groups in total. The molecule has 1 saturated heterocycles. The van der Waals surface area contributed by atoms with Crippen molar-refractivity contribution in [1.29, 1.82) is 0 Å². The van der Waals surface area contributed by atoms with Crippen LogP contribution in [-0.4, -0.2) is 40.1 Å². The van der Waals surface area contributed by atoms with E-state index in [1.807, 2.05) is 20.3 Å². The first kappa shape index (κ1) is 16.6. The molecule has 0 radical (unpaired) electrons. The normalized spacial score (nSPS) is 20.7. The van der Waals surface area contributed by atoms with Gasteiger partial charge in [-0.15, -0.1) is 0 Å². The number of hydrogen-bond donors (Lipinski definition) is 0. The average molecular weight is 339 g/mol. The van der Waals surface area contributed by atoms with Crippen LogP contribution in [0.2, 0.25) is 0 Å². The number of imidazole rings is 1. The van der Waals surface area contributed by atoms with E-state index in [1.165, 1.54) is 54.9 Å². The number of rotatable bonds is 4. The Labute approximate surface area is 150 Å². The molecule has 0 aromatic carbocycles. The number of nitrogens with zero attached hydrogens (tertiary/aromatic N) is 5. The second-order valence-electron chi connectivity index (χ2n) is 7.67. The zero-order chi connectivity index (χ0) is 17.4. The van der Waals surface area contributed by atoms with Crippen LogP contribution in [0.3, 0.4) is 0 Å². The molecular weight excluding hydrogens is 310 g/mol. The number of anilines is 1. The lowest BCUT2D eigenvalue weighted by atomic mass is 10.0. The summed E-state index contributed by atoms with van der Waals surface area (Å²) in [6, 6.07) is 4.80. The van der Waals surface area contributed by atoms with E-state index in [0.717, 1.165) is 25.3 Å². The quantitative estimate of drug-likeness (QED) is 0.858. The zero-order valence-corrected chi connectivity index (χ0v) is 15.7. The minimum Gasteiger partial charge on any atom is -0.363 e. The summed E-state index contributed by atoms with van der Waals surface area (Å²) in [5, 5.41) is 0. The zero-order valence-electron chi connectivity index (χ0n) is 15.7. The third-order valence-electron chi connectivity index (χ3n) is 5.72. The third kappa shape index (κ3) is 3.17. The van der Waals surface area contributed by atoms with Gasteiger partial charge in [-0.25, -0.2) is 9.97 Å². The van der Waals surface area contributed by atoms with Crippen LogP contribution in [0.4, 0.5) is 5.82 Å². The van der Waals surface area contributed by atoms with Crippen LogP contribution >= 0.6 is 0 Å². The first-order valence-electron chi connectivity index (χ1n) is 9.54. The molecule has 25 heavy (non-hydrogen) atoms. The molecule has 5 heteroatoms. The summed E-state index contributed by atoms with van der Waals surface area (Å²) >= 11 is 0. The highest BCUT2D eigenvalue weighted by molar-refractivity contribution is 5.39. The van der Waals surface area contributed by atoms with Crippen LogP contribution in [0.1, 0.15) is 54.5 Å². The van der Waals surface area contributed by atoms with Gasteiger partial charge in [0, 0.05) is 39.6 Å². The van der Waals surface area contributed by atoms with E-state index in [1.54, 1.807) is 0 Å². The fourth-order valence-corrected chi connectivity index (χ4v) is 4.35. The molecule has 1 atom stereocenters. The second-order valence-corrected chi connectivity index (χ2v) is 7.67. The molecule has 2 aliphatic rings. The molecule has 134 valence electrons. The van der Waals surface area contributed by atoms with E-state index in [9.17, 15) is 0 Å². The van der Waals surface area contributed by atoms with E-state index in [0.29, 0.717) is 6.04 Å². The molecule has 2 aromatic heterocycles. The lowest BCUT2D eigenvalue weighted by molar-refractivity contribution is 0.236.